The van der Waals surface area contributed by atoms with E-state index >= 15 is 0 Å². The minimum Gasteiger partial charge on any atom is -0.422 e. The van der Waals surface area contributed by atoms with Crippen LogP contribution in [0.5, 0.6) is 0 Å². The quantitative estimate of drug-likeness (QED) is 0.769. The lowest BCUT2D eigenvalue weighted by atomic mass is 10.0. The highest BCUT2D eigenvalue weighted by molar-refractivity contribution is 7.92. The van der Waals surface area contributed by atoms with Crippen molar-refractivity contribution in [1.82, 2.24) is 4.90 Å². The van der Waals surface area contributed by atoms with E-state index in [-0.39, 0.29) is 23.9 Å². The van der Waals surface area contributed by atoms with Crippen LogP contribution in [-0.2, 0) is 9.84 Å². The normalized spacial score (nSPS) is 19.5. The highest BCUT2D eigenvalue weighted by Gasteiger charge is 2.44. The molecule has 0 atom stereocenters. The molecule has 0 spiro atoms. The smallest absolute Gasteiger partial charge is 0.349 e. The predicted octanol–water partition coefficient (Wildman–Crippen LogP) is 2.36. The Kier molecular flexibility index (Phi) is 4.34. The monoisotopic (exact) mass is 375 g/mol. The summed E-state index contributed by atoms with van der Waals surface area (Å²) in [5.74, 6) is -0.459. The van der Waals surface area contributed by atoms with Crippen LogP contribution in [0.2, 0.25) is 0 Å². The largest absolute Gasteiger partial charge is 0.422 e. The molecule has 138 valence electrons. The highest BCUT2D eigenvalue weighted by atomic mass is 32.2. The van der Waals surface area contributed by atoms with Crippen molar-refractivity contribution in [3.63, 3.8) is 0 Å². The maximum absolute atomic E-state index is 12.7. The standard InChI is InChI=1S/C19H21NO5S/c21-18(16-10-13-6-4-5-9-17(13)25-19(16)22)20-11-15(12-20)26(23,24)14-7-2-1-3-8-14/h4-6,9-10,14-15H,1-3,7-8,11-12H2. The van der Waals surface area contributed by atoms with Crippen molar-refractivity contribution >= 4 is 26.7 Å². The summed E-state index contributed by atoms with van der Waals surface area (Å²) in [6, 6.07) is 8.51. The molecule has 7 heteroatoms. The number of benzene rings is 1. The highest BCUT2D eigenvalue weighted by Crippen LogP contribution is 2.30. The third kappa shape index (κ3) is 2.94. The summed E-state index contributed by atoms with van der Waals surface area (Å²) in [6.45, 7) is 0.313. The molecular weight excluding hydrogens is 354 g/mol. The lowest BCUT2D eigenvalue weighted by Gasteiger charge is -2.40. The number of sulfone groups is 1. The SMILES string of the molecule is O=C(c1cc2ccccc2oc1=O)N1CC(S(=O)(=O)C2CCCCC2)C1. The van der Waals surface area contributed by atoms with Gasteiger partial charge in [0.25, 0.3) is 5.91 Å². The van der Waals surface area contributed by atoms with Crippen LogP contribution in [0.25, 0.3) is 11.0 Å². The fourth-order valence-corrected chi connectivity index (χ4v) is 6.17. The van der Waals surface area contributed by atoms with Gasteiger partial charge in [0.05, 0.1) is 10.5 Å². The van der Waals surface area contributed by atoms with Gasteiger partial charge in [0, 0.05) is 18.5 Å². The fourth-order valence-electron chi connectivity index (χ4n) is 3.86. The van der Waals surface area contributed by atoms with Gasteiger partial charge in [-0.3, -0.25) is 4.79 Å². The second kappa shape index (κ2) is 6.54. The van der Waals surface area contributed by atoms with Crippen molar-refractivity contribution in [3.05, 3.63) is 46.3 Å². The zero-order valence-corrected chi connectivity index (χ0v) is 15.2. The fraction of sp³-hybridized carbons (Fsp3) is 0.474. The molecule has 2 heterocycles. The summed E-state index contributed by atoms with van der Waals surface area (Å²) in [5.41, 5.74) is -0.306. The summed E-state index contributed by atoms with van der Waals surface area (Å²) in [4.78, 5) is 26.1. The van der Waals surface area contributed by atoms with E-state index in [1.54, 1.807) is 24.3 Å². The van der Waals surface area contributed by atoms with Crippen molar-refractivity contribution in [1.29, 1.82) is 0 Å². The van der Waals surface area contributed by atoms with Gasteiger partial charge in [-0.15, -0.1) is 0 Å². The predicted molar refractivity (Wildman–Crippen MR) is 98.0 cm³/mol. The van der Waals surface area contributed by atoms with E-state index in [9.17, 15) is 18.0 Å². The van der Waals surface area contributed by atoms with Crippen molar-refractivity contribution in [3.8, 4) is 0 Å². The molecule has 2 fully saturated rings. The summed E-state index contributed by atoms with van der Waals surface area (Å²) in [6.07, 6.45) is 4.45. The van der Waals surface area contributed by atoms with E-state index in [0.29, 0.717) is 11.0 Å². The van der Waals surface area contributed by atoms with Gasteiger partial charge < -0.3 is 9.32 Å². The summed E-state index contributed by atoms with van der Waals surface area (Å²) in [7, 11) is -3.21. The number of hydrogen-bond acceptors (Lipinski definition) is 5. The van der Waals surface area contributed by atoms with E-state index in [0.717, 1.165) is 32.1 Å². The number of nitrogens with zero attached hydrogens (tertiary/aromatic N) is 1. The number of para-hydroxylation sites is 1. The van der Waals surface area contributed by atoms with Gasteiger partial charge in [0.1, 0.15) is 11.1 Å². The first kappa shape index (κ1) is 17.3. The molecule has 0 radical (unpaired) electrons. The van der Waals surface area contributed by atoms with Gasteiger partial charge in [0.2, 0.25) is 0 Å². The Labute approximate surface area is 151 Å². The van der Waals surface area contributed by atoms with E-state index in [4.69, 9.17) is 4.42 Å². The van der Waals surface area contributed by atoms with Crippen LogP contribution in [0.15, 0.2) is 39.5 Å². The first-order valence-corrected chi connectivity index (χ1v) is 10.6. The molecule has 1 saturated carbocycles. The van der Waals surface area contributed by atoms with Crippen molar-refractivity contribution < 1.29 is 17.6 Å². The van der Waals surface area contributed by atoms with Gasteiger partial charge in [-0.25, -0.2) is 13.2 Å². The molecule has 1 aromatic heterocycles. The van der Waals surface area contributed by atoms with Crippen molar-refractivity contribution in [2.45, 2.75) is 42.6 Å². The summed E-state index contributed by atoms with van der Waals surface area (Å²) >= 11 is 0. The molecule has 6 nitrogen and oxygen atoms in total. The molecule has 2 aliphatic rings. The zero-order valence-electron chi connectivity index (χ0n) is 14.4. The van der Waals surface area contributed by atoms with Crippen LogP contribution >= 0.6 is 0 Å². The molecule has 4 rings (SSSR count). The Bertz CT molecular complexity index is 998. The van der Waals surface area contributed by atoms with E-state index in [1.807, 2.05) is 0 Å². The average Bonchev–Trinajstić information content (AvgIpc) is 2.60. The van der Waals surface area contributed by atoms with Crippen LogP contribution in [0.1, 0.15) is 42.5 Å². The molecule has 0 N–H and O–H groups in total. The topological polar surface area (TPSA) is 84.7 Å². The summed E-state index contributed by atoms with van der Waals surface area (Å²) in [5, 5.41) is -0.117. The second-order valence-corrected chi connectivity index (χ2v) is 9.68. The van der Waals surface area contributed by atoms with E-state index < -0.39 is 26.6 Å². The number of rotatable bonds is 3. The lowest BCUT2D eigenvalue weighted by Crippen LogP contribution is -2.59. The van der Waals surface area contributed by atoms with E-state index in [1.165, 1.54) is 11.0 Å². The zero-order chi connectivity index (χ0) is 18.3. The van der Waals surface area contributed by atoms with Crippen LogP contribution in [-0.4, -0.2) is 42.8 Å². The first-order valence-electron chi connectivity index (χ1n) is 9.01. The first-order chi connectivity index (χ1) is 12.5. The van der Waals surface area contributed by atoms with Gasteiger partial charge in [-0.1, -0.05) is 37.5 Å². The molecule has 1 aromatic carbocycles. The maximum atomic E-state index is 12.7. The second-order valence-electron chi connectivity index (χ2n) is 7.17. The molecule has 2 aromatic rings. The number of amides is 1. The van der Waals surface area contributed by atoms with Crippen molar-refractivity contribution in [2.24, 2.45) is 0 Å². The van der Waals surface area contributed by atoms with Crippen LogP contribution in [0, 0.1) is 0 Å². The molecule has 0 unspecified atom stereocenters. The molecule has 1 aliphatic heterocycles. The number of fused-ring (bicyclic) bond motifs is 1. The van der Waals surface area contributed by atoms with E-state index in [2.05, 4.69) is 0 Å². The third-order valence-corrected chi connectivity index (χ3v) is 8.12. The lowest BCUT2D eigenvalue weighted by molar-refractivity contribution is 0.0654. The van der Waals surface area contributed by atoms with Gasteiger partial charge in [0.15, 0.2) is 9.84 Å². The maximum Gasteiger partial charge on any atom is 0.349 e. The molecule has 1 saturated heterocycles. The Balaban J connectivity index is 1.50. The van der Waals surface area contributed by atoms with Crippen LogP contribution in [0.3, 0.4) is 0 Å². The van der Waals surface area contributed by atoms with Crippen molar-refractivity contribution in [2.75, 3.05) is 13.1 Å². The van der Waals surface area contributed by atoms with Crippen LogP contribution in [0.4, 0.5) is 0 Å². The molecule has 1 aliphatic carbocycles. The van der Waals surface area contributed by atoms with Gasteiger partial charge in [-0.2, -0.15) is 0 Å². The van der Waals surface area contributed by atoms with Crippen LogP contribution < -0.4 is 5.63 Å². The third-order valence-electron chi connectivity index (χ3n) is 5.49. The minimum atomic E-state index is -3.21. The number of hydrogen-bond donors (Lipinski definition) is 0. The molecular formula is C19H21NO5S. The number of carbonyl (C=O) groups is 1. The Morgan fingerprint density at radius 3 is 2.46 bits per heavy atom. The Hall–Kier alpha value is -2.15. The summed E-state index contributed by atoms with van der Waals surface area (Å²) < 4.78 is 30.6. The molecule has 26 heavy (non-hydrogen) atoms. The van der Waals surface area contributed by atoms with Gasteiger partial charge in [-0.05, 0) is 25.0 Å². The minimum absolute atomic E-state index is 0.0442. The Morgan fingerprint density at radius 2 is 1.73 bits per heavy atom. The Morgan fingerprint density at radius 1 is 1.04 bits per heavy atom. The number of carbonyl (C=O) groups excluding carboxylic acids is 1. The molecule has 0 bridgehead atoms. The molecule has 1 amide bonds. The van der Waals surface area contributed by atoms with Gasteiger partial charge >= 0.3 is 5.63 Å². The average molecular weight is 375 g/mol. The number of likely N-dealkylation sites (tertiary alicyclic amines) is 1.